The number of anilines is 2. The van der Waals surface area contributed by atoms with E-state index < -0.39 is 10.0 Å². The normalized spacial score (nSPS) is 14.2. The molecule has 6 nitrogen and oxygen atoms in total. The molecule has 4 rings (SSSR count). The Balaban J connectivity index is 1.55. The van der Waals surface area contributed by atoms with E-state index in [1.807, 2.05) is 44.2 Å². The van der Waals surface area contributed by atoms with Gasteiger partial charge < -0.3 is 9.80 Å². The highest BCUT2D eigenvalue weighted by atomic mass is 35.5. The van der Waals surface area contributed by atoms with Crippen molar-refractivity contribution in [2.75, 3.05) is 41.9 Å². The maximum Gasteiger partial charge on any atom is 0.264 e. The van der Waals surface area contributed by atoms with Crippen molar-refractivity contribution in [2.45, 2.75) is 18.7 Å². The summed E-state index contributed by atoms with van der Waals surface area (Å²) < 4.78 is 28.4. The van der Waals surface area contributed by atoms with Gasteiger partial charge in [-0.15, -0.1) is 0 Å². The van der Waals surface area contributed by atoms with Crippen molar-refractivity contribution in [3.8, 4) is 0 Å². The fourth-order valence-electron chi connectivity index (χ4n) is 4.24. The van der Waals surface area contributed by atoms with Crippen LogP contribution in [0.25, 0.3) is 0 Å². The number of halogens is 1. The number of carbonyl (C=O) groups is 1. The number of aryl methyl sites for hydroxylation is 2. The Morgan fingerprint density at radius 1 is 0.882 bits per heavy atom. The summed E-state index contributed by atoms with van der Waals surface area (Å²) in [5.41, 5.74) is 3.38. The third-order valence-corrected chi connectivity index (χ3v) is 7.93. The molecule has 1 amide bonds. The minimum Gasteiger partial charge on any atom is -0.368 e. The molecule has 1 heterocycles. The van der Waals surface area contributed by atoms with Gasteiger partial charge in [0.1, 0.15) is 6.54 Å². The average molecular weight is 498 g/mol. The molecule has 3 aromatic carbocycles. The van der Waals surface area contributed by atoms with Gasteiger partial charge in [-0.1, -0.05) is 41.9 Å². The molecule has 0 aromatic heterocycles. The standard InChI is InChI=1S/C26H28ClN3O3S/c1-20-15-21(2)17-24(16-20)30(34(32,33)25-9-4-3-5-10-25)19-26(31)29-13-11-28(12-14-29)23-8-6-7-22(27)18-23/h3-10,15-18H,11-14,19H2,1-2H3. The number of sulfonamides is 1. The number of benzene rings is 3. The number of amides is 1. The summed E-state index contributed by atoms with van der Waals surface area (Å²) in [4.78, 5) is 17.4. The summed E-state index contributed by atoms with van der Waals surface area (Å²) in [7, 11) is -3.92. The molecule has 0 radical (unpaired) electrons. The number of carbonyl (C=O) groups excluding carboxylic acids is 1. The number of nitrogens with zero attached hydrogens (tertiary/aromatic N) is 3. The summed E-state index contributed by atoms with van der Waals surface area (Å²) >= 11 is 6.12. The molecular weight excluding hydrogens is 470 g/mol. The SMILES string of the molecule is Cc1cc(C)cc(N(CC(=O)N2CCN(c3cccc(Cl)c3)CC2)S(=O)(=O)c2ccccc2)c1. The van der Waals surface area contributed by atoms with E-state index in [0.29, 0.717) is 36.9 Å². The lowest BCUT2D eigenvalue weighted by atomic mass is 10.1. The molecule has 0 spiro atoms. The smallest absolute Gasteiger partial charge is 0.264 e. The van der Waals surface area contributed by atoms with Gasteiger partial charge in [-0.25, -0.2) is 8.42 Å². The molecule has 3 aromatic rings. The van der Waals surface area contributed by atoms with Crippen LogP contribution in [0.1, 0.15) is 11.1 Å². The van der Waals surface area contributed by atoms with Gasteiger partial charge in [-0.05, 0) is 67.4 Å². The Morgan fingerprint density at radius 3 is 2.15 bits per heavy atom. The Kier molecular flexibility index (Phi) is 7.14. The quantitative estimate of drug-likeness (QED) is 0.503. The zero-order chi connectivity index (χ0) is 24.3. The predicted molar refractivity (Wildman–Crippen MR) is 137 cm³/mol. The first-order valence-electron chi connectivity index (χ1n) is 11.2. The molecule has 0 aliphatic carbocycles. The van der Waals surface area contributed by atoms with Crippen LogP contribution in [0.2, 0.25) is 5.02 Å². The highest BCUT2D eigenvalue weighted by Gasteiger charge is 2.30. The van der Waals surface area contributed by atoms with Gasteiger partial charge >= 0.3 is 0 Å². The largest absolute Gasteiger partial charge is 0.368 e. The Bertz CT molecular complexity index is 1250. The van der Waals surface area contributed by atoms with Crippen LogP contribution in [0.3, 0.4) is 0 Å². The number of hydrogen-bond acceptors (Lipinski definition) is 4. The molecule has 1 aliphatic heterocycles. The summed E-state index contributed by atoms with van der Waals surface area (Å²) in [6, 6.07) is 21.5. The molecule has 1 aliphatic rings. The van der Waals surface area contributed by atoms with Crippen molar-refractivity contribution in [2.24, 2.45) is 0 Å². The van der Waals surface area contributed by atoms with E-state index in [4.69, 9.17) is 11.6 Å². The highest BCUT2D eigenvalue weighted by molar-refractivity contribution is 7.92. The van der Waals surface area contributed by atoms with E-state index in [0.717, 1.165) is 16.8 Å². The van der Waals surface area contributed by atoms with Gasteiger partial charge in [0.25, 0.3) is 10.0 Å². The first-order valence-corrected chi connectivity index (χ1v) is 13.0. The van der Waals surface area contributed by atoms with E-state index >= 15 is 0 Å². The topological polar surface area (TPSA) is 60.9 Å². The van der Waals surface area contributed by atoms with Gasteiger partial charge in [0.2, 0.25) is 5.91 Å². The van der Waals surface area contributed by atoms with E-state index in [1.165, 1.54) is 4.31 Å². The molecule has 1 saturated heterocycles. The lowest BCUT2D eigenvalue weighted by Crippen LogP contribution is -2.52. The van der Waals surface area contributed by atoms with Crippen LogP contribution < -0.4 is 9.21 Å². The molecule has 34 heavy (non-hydrogen) atoms. The van der Waals surface area contributed by atoms with Gasteiger partial charge in [-0.3, -0.25) is 9.10 Å². The fraction of sp³-hybridized carbons (Fsp3) is 0.269. The van der Waals surface area contributed by atoms with Crippen molar-refractivity contribution in [3.63, 3.8) is 0 Å². The lowest BCUT2D eigenvalue weighted by molar-refractivity contribution is -0.129. The van der Waals surface area contributed by atoms with Crippen molar-refractivity contribution < 1.29 is 13.2 Å². The fourth-order valence-corrected chi connectivity index (χ4v) is 5.84. The maximum absolute atomic E-state index is 13.6. The Hall–Kier alpha value is -3.03. The monoisotopic (exact) mass is 497 g/mol. The number of hydrogen-bond donors (Lipinski definition) is 0. The first-order chi connectivity index (χ1) is 16.2. The van der Waals surface area contributed by atoms with Crippen LogP contribution >= 0.6 is 11.6 Å². The third-order valence-electron chi connectivity index (χ3n) is 5.91. The molecule has 178 valence electrons. The van der Waals surface area contributed by atoms with Crippen molar-refractivity contribution in [1.82, 2.24) is 4.90 Å². The molecule has 0 atom stereocenters. The van der Waals surface area contributed by atoms with Gasteiger partial charge in [0, 0.05) is 36.9 Å². The molecule has 0 saturated carbocycles. The molecule has 1 fully saturated rings. The summed E-state index contributed by atoms with van der Waals surface area (Å²) in [5.74, 6) is -0.218. The van der Waals surface area contributed by atoms with Crippen LogP contribution in [0.15, 0.2) is 77.7 Å². The molecular formula is C26H28ClN3O3S. The van der Waals surface area contributed by atoms with Crippen molar-refractivity contribution in [1.29, 1.82) is 0 Å². The predicted octanol–water partition coefficient (Wildman–Crippen LogP) is 4.50. The minimum absolute atomic E-state index is 0.160. The van der Waals surface area contributed by atoms with E-state index in [-0.39, 0.29) is 17.3 Å². The molecule has 0 N–H and O–H groups in total. The van der Waals surface area contributed by atoms with Crippen LogP contribution in [-0.4, -0.2) is 51.9 Å². The second-order valence-corrected chi connectivity index (χ2v) is 10.8. The Labute approximate surface area is 206 Å². The molecule has 8 heteroatoms. The van der Waals surface area contributed by atoms with Crippen molar-refractivity contribution in [3.05, 3.63) is 88.9 Å². The van der Waals surface area contributed by atoms with Crippen molar-refractivity contribution >= 4 is 38.9 Å². The number of piperazine rings is 1. The summed E-state index contributed by atoms with van der Waals surface area (Å²) in [6.07, 6.45) is 0. The molecule has 0 bridgehead atoms. The average Bonchev–Trinajstić information content (AvgIpc) is 2.82. The van der Waals surface area contributed by atoms with Crippen LogP contribution in [-0.2, 0) is 14.8 Å². The molecule has 0 unspecified atom stereocenters. The summed E-state index contributed by atoms with van der Waals surface area (Å²) in [5, 5.41) is 0.672. The zero-order valence-corrected chi connectivity index (χ0v) is 20.9. The van der Waals surface area contributed by atoms with Crippen LogP contribution in [0.4, 0.5) is 11.4 Å². The lowest BCUT2D eigenvalue weighted by Gasteiger charge is -2.37. The minimum atomic E-state index is -3.92. The highest BCUT2D eigenvalue weighted by Crippen LogP contribution is 2.26. The van der Waals surface area contributed by atoms with E-state index in [2.05, 4.69) is 4.90 Å². The van der Waals surface area contributed by atoms with Crippen LogP contribution in [0, 0.1) is 13.8 Å². The summed E-state index contributed by atoms with van der Waals surface area (Å²) in [6.45, 7) is 5.91. The second kappa shape index (κ2) is 10.1. The van der Waals surface area contributed by atoms with E-state index in [9.17, 15) is 13.2 Å². The first kappa shape index (κ1) is 24.1. The van der Waals surface area contributed by atoms with Crippen LogP contribution in [0.5, 0.6) is 0 Å². The third kappa shape index (κ3) is 5.37. The second-order valence-electron chi connectivity index (χ2n) is 8.52. The van der Waals surface area contributed by atoms with E-state index in [1.54, 1.807) is 47.4 Å². The maximum atomic E-state index is 13.6. The van der Waals surface area contributed by atoms with Gasteiger partial charge in [-0.2, -0.15) is 0 Å². The zero-order valence-electron chi connectivity index (χ0n) is 19.3. The van der Waals surface area contributed by atoms with Gasteiger partial charge in [0.05, 0.1) is 10.6 Å². The van der Waals surface area contributed by atoms with Gasteiger partial charge in [0.15, 0.2) is 0 Å². The number of rotatable bonds is 6. The Morgan fingerprint density at radius 2 is 1.53 bits per heavy atom.